The third-order valence-corrected chi connectivity index (χ3v) is 8.36. The van der Waals surface area contributed by atoms with Crippen molar-refractivity contribution in [1.82, 2.24) is 0 Å². The average Bonchev–Trinajstić information content (AvgIpc) is 3.60. The van der Waals surface area contributed by atoms with Gasteiger partial charge in [0.05, 0.1) is 23.4 Å². The second-order valence-corrected chi connectivity index (χ2v) is 10.6. The van der Waals surface area contributed by atoms with Crippen LogP contribution in [-0.2, 0) is 19.2 Å². The Morgan fingerprint density at radius 1 is 0.861 bits per heavy atom. The van der Waals surface area contributed by atoms with Gasteiger partial charge in [-0.3, -0.25) is 19.2 Å². The van der Waals surface area contributed by atoms with Crippen LogP contribution in [0.15, 0.2) is 48.6 Å². The van der Waals surface area contributed by atoms with Crippen molar-refractivity contribution in [3.8, 4) is 5.75 Å². The van der Waals surface area contributed by atoms with E-state index >= 15 is 0 Å². The lowest BCUT2D eigenvalue weighted by Gasteiger charge is -2.20. The molecule has 0 N–H and O–H groups in total. The number of amides is 3. The molecule has 0 unspecified atom stereocenters. The van der Waals surface area contributed by atoms with Gasteiger partial charge in [-0.2, -0.15) is 0 Å². The molecule has 2 saturated heterocycles. The zero-order valence-electron chi connectivity index (χ0n) is 20.6. The number of imide groups is 1. The Kier molecular flexibility index (Phi) is 5.14. The minimum atomic E-state index is -0.567. The molecular weight excluding hydrogens is 456 g/mol. The zero-order chi connectivity index (χ0) is 25.3. The molecule has 2 aliphatic carbocycles. The maximum absolute atomic E-state index is 13.1. The number of esters is 1. The van der Waals surface area contributed by atoms with E-state index < -0.39 is 11.9 Å². The van der Waals surface area contributed by atoms with Crippen molar-refractivity contribution in [2.24, 2.45) is 29.6 Å². The molecule has 0 spiro atoms. The first-order valence-corrected chi connectivity index (χ1v) is 12.5. The van der Waals surface area contributed by atoms with Gasteiger partial charge in [-0.05, 0) is 86.1 Å². The van der Waals surface area contributed by atoms with Crippen LogP contribution in [0.5, 0.6) is 5.75 Å². The Balaban J connectivity index is 1.15. The number of nitrogens with zero attached hydrogens (tertiary/aromatic N) is 2. The summed E-state index contributed by atoms with van der Waals surface area (Å²) >= 11 is 0. The standard InChI is InChI=1S/C29H28N2O5/c1-15-4-7-21(10-16(15)2)30-14-20(13-24(30)32)29(35)36-22-8-9-23(17(3)11-22)31-27(33)25-18-5-6-19(12-18)26(25)28(31)34/h4-11,18-20,25-26H,12-14H2,1-3H3/t18-,19-,20+,25-,26+/m0/s1. The molecule has 36 heavy (non-hydrogen) atoms. The first-order valence-electron chi connectivity index (χ1n) is 12.5. The van der Waals surface area contributed by atoms with E-state index in [4.69, 9.17) is 4.74 Å². The summed E-state index contributed by atoms with van der Waals surface area (Å²) in [7, 11) is 0. The second kappa shape index (κ2) is 8.15. The molecule has 1 saturated carbocycles. The predicted molar refractivity (Wildman–Crippen MR) is 133 cm³/mol. The molecule has 0 aromatic heterocycles. The molecule has 0 radical (unpaired) electrons. The van der Waals surface area contributed by atoms with E-state index in [9.17, 15) is 19.2 Å². The van der Waals surface area contributed by atoms with Crippen molar-refractivity contribution in [2.75, 3.05) is 16.3 Å². The van der Waals surface area contributed by atoms with Crippen LogP contribution >= 0.6 is 0 Å². The van der Waals surface area contributed by atoms with Gasteiger partial charge in [0.25, 0.3) is 0 Å². The van der Waals surface area contributed by atoms with Crippen molar-refractivity contribution in [3.05, 3.63) is 65.2 Å². The molecule has 2 heterocycles. The van der Waals surface area contributed by atoms with Gasteiger partial charge in [-0.25, -0.2) is 4.90 Å². The van der Waals surface area contributed by atoms with Crippen LogP contribution in [0.25, 0.3) is 0 Å². The first kappa shape index (κ1) is 22.7. The largest absolute Gasteiger partial charge is 0.426 e. The van der Waals surface area contributed by atoms with E-state index in [2.05, 4.69) is 12.2 Å². The summed E-state index contributed by atoms with van der Waals surface area (Å²) in [6.45, 7) is 6.08. The van der Waals surface area contributed by atoms with Crippen molar-refractivity contribution in [3.63, 3.8) is 0 Å². The summed E-state index contributed by atoms with van der Waals surface area (Å²) in [5.41, 5.74) is 4.23. The van der Waals surface area contributed by atoms with Gasteiger partial charge in [-0.15, -0.1) is 0 Å². The van der Waals surface area contributed by atoms with E-state index in [1.165, 1.54) is 4.90 Å². The Hall–Kier alpha value is -3.74. The third-order valence-electron chi connectivity index (χ3n) is 8.36. The van der Waals surface area contributed by atoms with Gasteiger partial charge < -0.3 is 9.64 Å². The SMILES string of the molecule is Cc1ccc(N2C[C@H](C(=O)Oc3ccc(N4C(=O)[C@@H]5[C@H](C4=O)[C@H]4C=C[C@H]5C4)c(C)c3)CC2=O)cc1C. The van der Waals surface area contributed by atoms with Gasteiger partial charge >= 0.3 is 5.97 Å². The maximum atomic E-state index is 13.1. The average molecular weight is 485 g/mol. The van der Waals surface area contributed by atoms with E-state index in [1.54, 1.807) is 30.0 Å². The predicted octanol–water partition coefficient (Wildman–Crippen LogP) is 3.88. The third kappa shape index (κ3) is 3.40. The van der Waals surface area contributed by atoms with Crippen LogP contribution in [0.1, 0.15) is 29.5 Å². The molecule has 6 rings (SSSR count). The van der Waals surface area contributed by atoms with E-state index in [0.29, 0.717) is 17.0 Å². The molecule has 7 nitrogen and oxygen atoms in total. The number of carbonyl (C=O) groups is 4. The molecule has 7 heteroatoms. The summed E-state index contributed by atoms with van der Waals surface area (Å²) in [4.78, 5) is 54.8. The maximum Gasteiger partial charge on any atom is 0.316 e. The molecule has 2 aromatic carbocycles. The quantitative estimate of drug-likeness (QED) is 0.285. The van der Waals surface area contributed by atoms with Crippen LogP contribution in [0.4, 0.5) is 11.4 Å². The molecular formula is C29H28N2O5. The van der Waals surface area contributed by atoms with Crippen LogP contribution < -0.4 is 14.5 Å². The fourth-order valence-electron chi connectivity index (χ4n) is 6.29. The van der Waals surface area contributed by atoms with Gasteiger partial charge in [0.1, 0.15) is 5.75 Å². The fraction of sp³-hybridized carbons (Fsp3) is 0.379. The Morgan fingerprint density at radius 2 is 1.56 bits per heavy atom. The highest BCUT2D eigenvalue weighted by atomic mass is 16.5. The minimum Gasteiger partial charge on any atom is -0.426 e. The van der Waals surface area contributed by atoms with Gasteiger partial charge in [0.2, 0.25) is 17.7 Å². The van der Waals surface area contributed by atoms with Crippen molar-refractivity contribution >= 4 is 35.1 Å². The van der Waals surface area contributed by atoms with E-state index in [0.717, 1.165) is 23.2 Å². The molecule has 3 amide bonds. The summed E-state index contributed by atoms with van der Waals surface area (Å²) < 4.78 is 5.63. The van der Waals surface area contributed by atoms with Crippen molar-refractivity contribution < 1.29 is 23.9 Å². The van der Waals surface area contributed by atoms with Gasteiger partial charge in [-0.1, -0.05) is 18.2 Å². The lowest BCUT2D eigenvalue weighted by molar-refractivity contribution is -0.139. The number of ether oxygens (including phenoxy) is 1. The summed E-state index contributed by atoms with van der Waals surface area (Å²) in [6.07, 6.45) is 5.13. The molecule has 184 valence electrons. The van der Waals surface area contributed by atoms with Crippen molar-refractivity contribution in [1.29, 1.82) is 0 Å². The molecule has 2 bridgehead atoms. The van der Waals surface area contributed by atoms with E-state index in [-0.39, 0.29) is 54.4 Å². The fourth-order valence-corrected chi connectivity index (χ4v) is 6.29. The molecule has 2 aromatic rings. The molecule has 4 aliphatic rings. The number of allylic oxidation sites excluding steroid dienone is 2. The number of aryl methyl sites for hydroxylation is 3. The topological polar surface area (TPSA) is 84.0 Å². The highest BCUT2D eigenvalue weighted by Gasteiger charge is 2.59. The highest BCUT2D eigenvalue weighted by molar-refractivity contribution is 6.23. The lowest BCUT2D eigenvalue weighted by atomic mass is 9.85. The molecule has 5 atom stereocenters. The van der Waals surface area contributed by atoms with Crippen LogP contribution in [0.2, 0.25) is 0 Å². The Labute approximate surface area is 209 Å². The second-order valence-electron chi connectivity index (χ2n) is 10.6. The number of hydrogen-bond acceptors (Lipinski definition) is 5. The summed E-state index contributed by atoms with van der Waals surface area (Å²) in [5.74, 6) is -1.29. The minimum absolute atomic E-state index is 0.0960. The number of benzene rings is 2. The highest BCUT2D eigenvalue weighted by Crippen LogP contribution is 2.53. The van der Waals surface area contributed by atoms with Crippen LogP contribution in [0, 0.1) is 50.4 Å². The summed E-state index contributed by atoms with van der Waals surface area (Å²) in [5, 5.41) is 0. The van der Waals surface area contributed by atoms with Crippen LogP contribution in [0.3, 0.4) is 0 Å². The Bertz CT molecular complexity index is 1330. The number of anilines is 2. The number of fused-ring (bicyclic) bond motifs is 5. The molecule has 2 aliphatic heterocycles. The lowest BCUT2D eigenvalue weighted by Crippen LogP contribution is -2.33. The number of rotatable bonds is 4. The first-order chi connectivity index (χ1) is 17.2. The van der Waals surface area contributed by atoms with Gasteiger partial charge in [0, 0.05) is 18.7 Å². The smallest absolute Gasteiger partial charge is 0.316 e. The zero-order valence-corrected chi connectivity index (χ0v) is 20.6. The number of carbonyl (C=O) groups excluding carboxylic acids is 4. The van der Waals surface area contributed by atoms with Crippen LogP contribution in [-0.4, -0.2) is 30.2 Å². The van der Waals surface area contributed by atoms with E-state index in [1.807, 2.05) is 32.0 Å². The number of hydrogen-bond donors (Lipinski definition) is 0. The van der Waals surface area contributed by atoms with Gasteiger partial charge in [0.15, 0.2) is 0 Å². The summed E-state index contributed by atoms with van der Waals surface area (Å²) in [6, 6.07) is 10.8. The van der Waals surface area contributed by atoms with Crippen molar-refractivity contribution in [2.45, 2.75) is 33.6 Å². The monoisotopic (exact) mass is 484 g/mol. The molecule has 3 fully saturated rings. The normalized spacial score (nSPS) is 28.4. The Morgan fingerprint density at radius 3 is 2.19 bits per heavy atom.